The number of piperidine rings is 1. The van der Waals surface area contributed by atoms with Crippen molar-refractivity contribution in [3.05, 3.63) is 79.1 Å². The topological polar surface area (TPSA) is 174 Å². The van der Waals surface area contributed by atoms with Crippen LogP contribution in [0.5, 0.6) is 5.75 Å². The maximum absolute atomic E-state index is 5.92. The number of nitrogens with zero attached hydrogens (tertiary/aromatic N) is 9. The molecule has 0 bridgehead atoms. The molecular weight excluding hydrogens is 592 g/mol. The second-order valence-electron chi connectivity index (χ2n) is 11.8. The number of anilines is 3. The Bertz CT molecular complexity index is 1940. The minimum absolute atomic E-state index is 0.393. The maximum Gasteiger partial charge on any atom is 0.153 e. The molecule has 8 rings (SSSR count). The third-order valence-corrected chi connectivity index (χ3v) is 8.72. The number of H-pyrrole nitrogens is 1. The third-order valence-electron chi connectivity index (χ3n) is 8.72. The van der Waals surface area contributed by atoms with Gasteiger partial charge in [-0.25, -0.2) is 29.9 Å². The Labute approximate surface area is 272 Å². The molecule has 6 aromatic rings. The Morgan fingerprint density at radius 3 is 2.34 bits per heavy atom. The number of likely N-dealkylation sites (tertiary alicyclic amines) is 1. The summed E-state index contributed by atoms with van der Waals surface area (Å²) in [7, 11) is 0. The number of aromatic amines is 1. The number of rotatable bonds is 7. The van der Waals surface area contributed by atoms with Crippen LogP contribution in [0.2, 0.25) is 0 Å². The van der Waals surface area contributed by atoms with E-state index in [1.165, 1.54) is 44.3 Å². The highest BCUT2D eigenvalue weighted by atomic mass is 16.5. The maximum atomic E-state index is 5.92. The number of fused-ring (bicyclic) bond motifs is 2. The van der Waals surface area contributed by atoms with Crippen molar-refractivity contribution in [1.82, 2.24) is 45.0 Å². The van der Waals surface area contributed by atoms with Crippen molar-refractivity contribution in [1.29, 1.82) is 0 Å². The Hall–Kier alpha value is -5.43. The van der Waals surface area contributed by atoms with Crippen LogP contribution in [0, 0.1) is 0 Å². The zero-order valence-corrected chi connectivity index (χ0v) is 26.2. The predicted octanol–water partition coefficient (Wildman–Crippen LogP) is 4.46. The number of aromatic nitrogens is 8. The molecule has 0 spiro atoms. The molecule has 0 radical (unpaired) electrons. The summed E-state index contributed by atoms with van der Waals surface area (Å²) in [6, 6.07) is 17.9. The normalized spacial score (nSPS) is 16.7. The van der Waals surface area contributed by atoms with Crippen LogP contribution in [0.1, 0.15) is 37.3 Å². The molecule has 2 saturated heterocycles. The first kappa shape index (κ1) is 30.2. The van der Waals surface area contributed by atoms with Gasteiger partial charge in [0.15, 0.2) is 11.6 Å². The van der Waals surface area contributed by atoms with E-state index in [1.807, 2.05) is 54.6 Å². The number of pyridine rings is 2. The van der Waals surface area contributed by atoms with Crippen LogP contribution < -0.4 is 21.1 Å². The number of nitrogen functional groups attached to an aromatic ring is 2. The van der Waals surface area contributed by atoms with E-state index in [2.05, 4.69) is 49.9 Å². The summed E-state index contributed by atoms with van der Waals surface area (Å²) in [5.74, 6) is 3.06. The molecule has 0 aliphatic carbocycles. The van der Waals surface area contributed by atoms with Gasteiger partial charge < -0.3 is 21.1 Å². The number of ether oxygens (including phenoxy) is 1. The van der Waals surface area contributed by atoms with Crippen LogP contribution in [0.3, 0.4) is 0 Å². The molecular formula is C34H38N12O. The van der Waals surface area contributed by atoms with E-state index in [-0.39, 0.29) is 0 Å². The minimum atomic E-state index is 0.393. The number of hydrogen-bond acceptors (Lipinski definition) is 12. The van der Waals surface area contributed by atoms with Gasteiger partial charge in [0.25, 0.3) is 0 Å². The van der Waals surface area contributed by atoms with Gasteiger partial charge in [-0.1, -0.05) is 12.1 Å². The Morgan fingerprint density at radius 2 is 1.57 bits per heavy atom. The van der Waals surface area contributed by atoms with Crippen molar-refractivity contribution in [3.8, 4) is 17.0 Å². The van der Waals surface area contributed by atoms with Gasteiger partial charge in [-0.05, 0) is 81.2 Å². The summed E-state index contributed by atoms with van der Waals surface area (Å²) in [4.78, 5) is 30.4. The molecule has 7 heterocycles. The SMILES string of the molecule is Nc1ncnc2ccc(-c3cccc(OCCN4CCCC4)c3)nc12.Nc1ncnc2ccc(N3CCCC(c4ccn[nH]4)C3)nc12. The van der Waals surface area contributed by atoms with E-state index in [1.54, 1.807) is 6.20 Å². The van der Waals surface area contributed by atoms with E-state index in [9.17, 15) is 0 Å². The zero-order chi connectivity index (χ0) is 32.0. The van der Waals surface area contributed by atoms with Gasteiger partial charge in [-0.3, -0.25) is 10.00 Å². The smallest absolute Gasteiger partial charge is 0.153 e. The summed E-state index contributed by atoms with van der Waals surface area (Å²) in [6.07, 6.45) is 9.62. The molecule has 0 amide bonds. The first-order chi connectivity index (χ1) is 23.1. The molecule has 47 heavy (non-hydrogen) atoms. The molecule has 1 unspecified atom stereocenters. The number of nitrogens with one attached hydrogen (secondary N) is 1. The summed E-state index contributed by atoms with van der Waals surface area (Å²) >= 11 is 0. The van der Waals surface area contributed by atoms with Crippen molar-refractivity contribution in [3.63, 3.8) is 0 Å². The largest absolute Gasteiger partial charge is 0.492 e. The first-order valence-electron chi connectivity index (χ1n) is 16.0. The molecule has 1 atom stereocenters. The average molecular weight is 631 g/mol. The Morgan fingerprint density at radius 1 is 0.809 bits per heavy atom. The van der Waals surface area contributed by atoms with E-state index in [0.29, 0.717) is 35.2 Å². The van der Waals surface area contributed by atoms with Crippen LogP contribution in [0.25, 0.3) is 33.3 Å². The van der Waals surface area contributed by atoms with E-state index in [4.69, 9.17) is 16.2 Å². The summed E-state index contributed by atoms with van der Waals surface area (Å²) in [5, 5.41) is 7.14. The van der Waals surface area contributed by atoms with Crippen LogP contribution >= 0.6 is 0 Å². The van der Waals surface area contributed by atoms with Crippen LogP contribution in [0.15, 0.2) is 73.4 Å². The van der Waals surface area contributed by atoms with E-state index >= 15 is 0 Å². The van der Waals surface area contributed by atoms with Gasteiger partial charge in [0.1, 0.15) is 41.9 Å². The molecule has 0 saturated carbocycles. The fourth-order valence-electron chi connectivity index (χ4n) is 6.22. The standard InChI is InChI=1S/C19H21N5O.C15H17N7/c20-19-18-17(21-13-22-19)7-6-16(23-18)14-4-3-5-15(12-14)25-11-10-24-8-1-2-9-24;16-15-14-12(17-9-18-15)3-4-13(20-14)22-7-1-2-10(8-22)11-5-6-19-21-11/h3-7,12-13H,1-2,8-11H2,(H2,20,21,22);3-6,9-10H,1-2,7-8H2,(H,19,21)(H2,16,17,18). The Balaban J connectivity index is 0.000000151. The van der Waals surface area contributed by atoms with E-state index in [0.717, 1.165) is 66.3 Å². The van der Waals surface area contributed by atoms with Gasteiger partial charge in [-0.2, -0.15) is 5.10 Å². The third kappa shape index (κ3) is 7.04. The number of hydrogen-bond donors (Lipinski definition) is 3. The van der Waals surface area contributed by atoms with Crippen molar-refractivity contribution in [2.24, 2.45) is 0 Å². The minimum Gasteiger partial charge on any atom is -0.492 e. The summed E-state index contributed by atoms with van der Waals surface area (Å²) < 4.78 is 5.92. The summed E-state index contributed by atoms with van der Waals surface area (Å²) in [6.45, 7) is 5.98. The van der Waals surface area contributed by atoms with Crippen molar-refractivity contribution in [2.75, 3.05) is 55.7 Å². The fraction of sp³-hybridized carbons (Fsp3) is 0.324. The number of benzene rings is 1. The summed E-state index contributed by atoms with van der Waals surface area (Å²) in [5.41, 5.74) is 17.7. The first-order valence-corrected chi connectivity index (χ1v) is 16.0. The lowest BCUT2D eigenvalue weighted by atomic mass is 9.95. The molecule has 2 fully saturated rings. The van der Waals surface area contributed by atoms with E-state index < -0.39 is 0 Å². The second-order valence-corrected chi connectivity index (χ2v) is 11.8. The van der Waals surface area contributed by atoms with Gasteiger partial charge in [0.05, 0.1) is 16.7 Å². The lowest BCUT2D eigenvalue weighted by Crippen LogP contribution is -2.35. The molecule has 240 valence electrons. The lowest BCUT2D eigenvalue weighted by Gasteiger charge is -2.33. The molecule has 13 heteroatoms. The monoisotopic (exact) mass is 630 g/mol. The number of nitrogens with two attached hydrogens (primary N) is 2. The highest BCUT2D eigenvalue weighted by Crippen LogP contribution is 2.29. The van der Waals surface area contributed by atoms with Crippen LogP contribution in [0.4, 0.5) is 17.5 Å². The average Bonchev–Trinajstić information content (AvgIpc) is 3.85. The fourth-order valence-corrected chi connectivity index (χ4v) is 6.22. The quantitative estimate of drug-likeness (QED) is 0.226. The van der Waals surface area contributed by atoms with Crippen LogP contribution in [-0.4, -0.2) is 84.3 Å². The molecule has 2 aliphatic rings. The molecule has 2 aliphatic heterocycles. The predicted molar refractivity (Wildman–Crippen MR) is 183 cm³/mol. The lowest BCUT2D eigenvalue weighted by molar-refractivity contribution is 0.238. The second kappa shape index (κ2) is 13.9. The highest BCUT2D eigenvalue weighted by molar-refractivity contribution is 5.86. The van der Waals surface area contributed by atoms with Gasteiger partial charge in [0.2, 0.25) is 0 Å². The van der Waals surface area contributed by atoms with Gasteiger partial charge in [-0.15, -0.1) is 0 Å². The van der Waals surface area contributed by atoms with Crippen molar-refractivity contribution >= 4 is 39.5 Å². The van der Waals surface area contributed by atoms with Crippen molar-refractivity contribution < 1.29 is 4.74 Å². The highest BCUT2D eigenvalue weighted by Gasteiger charge is 2.23. The van der Waals surface area contributed by atoms with Crippen LogP contribution in [-0.2, 0) is 0 Å². The van der Waals surface area contributed by atoms with Gasteiger partial charge in [0, 0.05) is 43.0 Å². The Kier molecular flexibility index (Phi) is 8.95. The molecule has 1 aromatic carbocycles. The van der Waals surface area contributed by atoms with Crippen molar-refractivity contribution in [2.45, 2.75) is 31.6 Å². The van der Waals surface area contributed by atoms with Gasteiger partial charge >= 0.3 is 0 Å². The molecule has 5 N–H and O–H groups in total. The molecule has 13 nitrogen and oxygen atoms in total. The molecule has 5 aromatic heterocycles. The zero-order valence-electron chi connectivity index (χ0n) is 26.2.